The fourth-order valence-corrected chi connectivity index (χ4v) is 4.53. The first kappa shape index (κ1) is 29.9. The van der Waals surface area contributed by atoms with E-state index in [1.165, 1.54) is 6.92 Å². The lowest BCUT2D eigenvalue weighted by atomic mass is 9.85. The molecule has 0 aromatic heterocycles. The van der Waals surface area contributed by atoms with Crippen LogP contribution in [-0.2, 0) is 23.8 Å². The number of hydrogen-bond donors (Lipinski definition) is 1. The first-order valence-corrected chi connectivity index (χ1v) is 12.3. The van der Waals surface area contributed by atoms with E-state index in [9.17, 15) is 14.4 Å². The standard InChI is InChI=1S/C26H46N2O6/c1-11-13-19-15-22(23(30)33-25(4,5)6)28(24(31)34-26(7,8)9)21(19)14-18(12-2)20(16-32-10)27-17(3)29/h11,13,18-22H,12,14-16H2,1-10H3,(H,27,29)/t18?,19-,20?,21-,22-/m1/s1. The Kier molecular flexibility index (Phi) is 11.1. The van der Waals surface area contributed by atoms with Gasteiger partial charge in [0.1, 0.15) is 17.2 Å². The summed E-state index contributed by atoms with van der Waals surface area (Å²) in [6, 6.07) is -1.25. The summed E-state index contributed by atoms with van der Waals surface area (Å²) in [4.78, 5) is 40.0. The Labute approximate surface area is 205 Å². The molecular formula is C26H46N2O6. The number of rotatable bonds is 9. The first-order valence-electron chi connectivity index (χ1n) is 12.3. The fourth-order valence-electron chi connectivity index (χ4n) is 4.53. The van der Waals surface area contributed by atoms with Crippen LogP contribution in [0.4, 0.5) is 4.79 Å². The third-order valence-electron chi connectivity index (χ3n) is 5.78. The van der Waals surface area contributed by atoms with Crippen LogP contribution in [0.5, 0.6) is 0 Å². The molecule has 2 amide bonds. The molecule has 196 valence electrons. The SMILES string of the molecule is CC=C[C@@H]1C[C@H](C(=O)OC(C)(C)C)N(C(=O)OC(C)(C)C)[C@@H]1CC(CC)C(COC)NC(C)=O. The molecule has 0 saturated carbocycles. The Morgan fingerprint density at radius 3 is 2.12 bits per heavy atom. The zero-order valence-corrected chi connectivity index (χ0v) is 22.8. The van der Waals surface area contributed by atoms with E-state index in [1.54, 1.807) is 12.0 Å². The molecule has 8 nitrogen and oxygen atoms in total. The maximum atomic E-state index is 13.4. The van der Waals surface area contributed by atoms with Gasteiger partial charge in [0.2, 0.25) is 5.91 Å². The van der Waals surface area contributed by atoms with Crippen molar-refractivity contribution in [2.75, 3.05) is 13.7 Å². The normalized spacial score (nSPS) is 23.0. The van der Waals surface area contributed by atoms with Crippen LogP contribution in [0.3, 0.4) is 0 Å². The molecule has 1 fully saturated rings. The number of allylic oxidation sites excluding steroid dienone is 1. The summed E-state index contributed by atoms with van der Waals surface area (Å²) in [7, 11) is 1.60. The van der Waals surface area contributed by atoms with Gasteiger partial charge in [0.15, 0.2) is 0 Å². The van der Waals surface area contributed by atoms with Gasteiger partial charge in [0.25, 0.3) is 0 Å². The average Bonchev–Trinajstić information content (AvgIpc) is 3.01. The number of nitrogens with one attached hydrogen (secondary N) is 1. The summed E-state index contributed by atoms with van der Waals surface area (Å²) in [6.45, 7) is 16.7. The highest BCUT2D eigenvalue weighted by Crippen LogP contribution is 2.38. The molecule has 0 aromatic rings. The fraction of sp³-hybridized carbons (Fsp3) is 0.808. The number of carbonyl (C=O) groups excluding carboxylic acids is 3. The summed E-state index contributed by atoms with van der Waals surface area (Å²) in [5.74, 6) is -0.584. The summed E-state index contributed by atoms with van der Waals surface area (Å²) in [5, 5.41) is 2.99. The molecule has 0 aromatic carbocycles. The molecule has 1 heterocycles. The number of hydrogen-bond acceptors (Lipinski definition) is 6. The van der Waals surface area contributed by atoms with Crippen LogP contribution >= 0.6 is 0 Å². The number of methoxy groups -OCH3 is 1. The predicted molar refractivity (Wildman–Crippen MR) is 132 cm³/mol. The summed E-state index contributed by atoms with van der Waals surface area (Å²) < 4.78 is 16.8. The Balaban J connectivity index is 3.41. The van der Waals surface area contributed by atoms with E-state index in [2.05, 4.69) is 12.2 Å². The van der Waals surface area contributed by atoms with Crippen LogP contribution in [0, 0.1) is 11.8 Å². The van der Waals surface area contributed by atoms with Crippen molar-refractivity contribution in [3.05, 3.63) is 12.2 Å². The Morgan fingerprint density at radius 2 is 1.68 bits per heavy atom. The van der Waals surface area contributed by atoms with Gasteiger partial charge in [-0.2, -0.15) is 0 Å². The molecule has 1 saturated heterocycles. The molecule has 0 spiro atoms. The van der Waals surface area contributed by atoms with Crippen molar-refractivity contribution in [1.29, 1.82) is 0 Å². The minimum Gasteiger partial charge on any atom is -0.458 e. The lowest BCUT2D eigenvalue weighted by Crippen LogP contribution is -2.51. The molecule has 0 radical (unpaired) electrons. The van der Waals surface area contributed by atoms with Crippen LogP contribution in [-0.4, -0.2) is 65.9 Å². The van der Waals surface area contributed by atoms with Gasteiger partial charge in [-0.1, -0.05) is 25.5 Å². The maximum absolute atomic E-state index is 13.4. The van der Waals surface area contributed by atoms with E-state index in [0.717, 1.165) is 6.42 Å². The highest BCUT2D eigenvalue weighted by Gasteiger charge is 2.49. The summed E-state index contributed by atoms with van der Waals surface area (Å²) >= 11 is 0. The summed E-state index contributed by atoms with van der Waals surface area (Å²) in [6.07, 6.45) is 5.27. The molecule has 0 aliphatic carbocycles. The van der Waals surface area contributed by atoms with E-state index in [0.29, 0.717) is 19.4 Å². The molecule has 34 heavy (non-hydrogen) atoms. The monoisotopic (exact) mass is 482 g/mol. The van der Waals surface area contributed by atoms with E-state index < -0.39 is 29.3 Å². The Hall–Kier alpha value is -2.09. The topological polar surface area (TPSA) is 94.2 Å². The second kappa shape index (κ2) is 12.6. The zero-order valence-electron chi connectivity index (χ0n) is 22.8. The second-order valence-corrected chi connectivity index (χ2v) is 11.1. The third-order valence-corrected chi connectivity index (χ3v) is 5.78. The minimum atomic E-state index is -0.751. The van der Waals surface area contributed by atoms with Gasteiger partial charge in [-0.25, -0.2) is 9.59 Å². The van der Waals surface area contributed by atoms with Crippen LogP contribution in [0.25, 0.3) is 0 Å². The van der Waals surface area contributed by atoms with Crippen molar-refractivity contribution in [3.8, 4) is 0 Å². The van der Waals surface area contributed by atoms with Gasteiger partial charge in [-0.3, -0.25) is 9.69 Å². The largest absolute Gasteiger partial charge is 0.458 e. The number of nitrogens with zero attached hydrogens (tertiary/aromatic N) is 1. The number of esters is 1. The van der Waals surface area contributed by atoms with Crippen molar-refractivity contribution in [2.24, 2.45) is 11.8 Å². The van der Waals surface area contributed by atoms with Crippen molar-refractivity contribution >= 4 is 18.0 Å². The number of ether oxygens (including phenoxy) is 3. The Bertz CT molecular complexity index is 722. The molecule has 1 aliphatic rings. The molecular weight excluding hydrogens is 436 g/mol. The van der Waals surface area contributed by atoms with Crippen LogP contribution in [0.2, 0.25) is 0 Å². The lowest BCUT2D eigenvalue weighted by Gasteiger charge is -2.36. The highest BCUT2D eigenvalue weighted by atomic mass is 16.6. The summed E-state index contributed by atoms with van der Waals surface area (Å²) in [5.41, 5.74) is -1.39. The molecule has 1 N–H and O–H groups in total. The van der Waals surface area contributed by atoms with Crippen LogP contribution in [0.1, 0.15) is 81.6 Å². The van der Waals surface area contributed by atoms with Gasteiger partial charge >= 0.3 is 12.1 Å². The van der Waals surface area contributed by atoms with Crippen molar-refractivity contribution in [3.63, 3.8) is 0 Å². The smallest absolute Gasteiger partial charge is 0.411 e. The molecule has 2 unspecified atom stereocenters. The van der Waals surface area contributed by atoms with Crippen LogP contribution < -0.4 is 5.32 Å². The van der Waals surface area contributed by atoms with E-state index in [-0.39, 0.29) is 29.8 Å². The van der Waals surface area contributed by atoms with Crippen molar-refractivity contribution in [2.45, 2.75) is 111 Å². The maximum Gasteiger partial charge on any atom is 0.411 e. The van der Waals surface area contributed by atoms with Gasteiger partial charge in [0, 0.05) is 20.1 Å². The van der Waals surface area contributed by atoms with E-state index >= 15 is 0 Å². The minimum absolute atomic E-state index is 0.0314. The van der Waals surface area contributed by atoms with Crippen molar-refractivity contribution < 1.29 is 28.6 Å². The third kappa shape index (κ3) is 9.28. The van der Waals surface area contributed by atoms with E-state index in [1.807, 2.05) is 60.6 Å². The zero-order chi connectivity index (χ0) is 26.3. The van der Waals surface area contributed by atoms with Crippen molar-refractivity contribution in [1.82, 2.24) is 10.2 Å². The number of amides is 2. The predicted octanol–water partition coefficient (Wildman–Crippen LogP) is 4.47. The van der Waals surface area contributed by atoms with Gasteiger partial charge in [0.05, 0.1) is 12.6 Å². The molecule has 8 heteroatoms. The van der Waals surface area contributed by atoms with Crippen LogP contribution in [0.15, 0.2) is 12.2 Å². The lowest BCUT2D eigenvalue weighted by molar-refractivity contribution is -0.160. The second-order valence-electron chi connectivity index (χ2n) is 11.1. The molecule has 1 aliphatic heterocycles. The molecule has 0 bridgehead atoms. The van der Waals surface area contributed by atoms with Gasteiger partial charge in [-0.15, -0.1) is 0 Å². The van der Waals surface area contributed by atoms with Gasteiger partial charge in [-0.05, 0) is 73.1 Å². The first-order chi connectivity index (χ1) is 15.6. The Morgan fingerprint density at radius 1 is 1.09 bits per heavy atom. The highest BCUT2D eigenvalue weighted by molar-refractivity contribution is 5.83. The quantitative estimate of drug-likeness (QED) is 0.385. The molecule has 5 atom stereocenters. The number of carbonyl (C=O) groups is 3. The van der Waals surface area contributed by atoms with Gasteiger partial charge < -0.3 is 19.5 Å². The molecule has 1 rings (SSSR count). The number of likely N-dealkylation sites (tertiary alicyclic amines) is 1. The average molecular weight is 483 g/mol. The van der Waals surface area contributed by atoms with E-state index in [4.69, 9.17) is 14.2 Å².